The number of benzene rings is 1. The van der Waals surface area contributed by atoms with Crippen LogP contribution in [0.5, 0.6) is 0 Å². The van der Waals surface area contributed by atoms with E-state index in [0.717, 1.165) is 17.5 Å². The standard InChI is InChI=1S/C19H25NO/c1-14-8-10-17(12-15(14)2)18(13-20)19(21)11-9-16-6-4-3-5-7-16/h8,10,12,16,18H,3-7,9,11H2,1-2H3. The van der Waals surface area contributed by atoms with Crippen molar-refractivity contribution in [2.45, 2.75) is 64.7 Å². The average Bonchev–Trinajstić information content (AvgIpc) is 2.50. The van der Waals surface area contributed by atoms with E-state index >= 15 is 0 Å². The second-order valence-electron chi connectivity index (χ2n) is 6.41. The van der Waals surface area contributed by atoms with Gasteiger partial charge in [-0.05, 0) is 42.9 Å². The molecule has 1 fully saturated rings. The van der Waals surface area contributed by atoms with Crippen LogP contribution in [0.1, 0.15) is 67.6 Å². The van der Waals surface area contributed by atoms with Crippen molar-refractivity contribution in [3.8, 4) is 6.07 Å². The predicted molar refractivity (Wildman–Crippen MR) is 85.1 cm³/mol. The summed E-state index contributed by atoms with van der Waals surface area (Å²) in [5.41, 5.74) is 3.20. The molecule has 0 bridgehead atoms. The van der Waals surface area contributed by atoms with E-state index in [1.165, 1.54) is 37.7 Å². The number of nitriles is 1. The monoisotopic (exact) mass is 283 g/mol. The Morgan fingerprint density at radius 2 is 1.95 bits per heavy atom. The summed E-state index contributed by atoms with van der Waals surface area (Å²) in [6.07, 6.45) is 7.98. The number of carbonyl (C=O) groups excluding carboxylic acids is 1. The van der Waals surface area contributed by atoms with Crippen molar-refractivity contribution in [2.75, 3.05) is 0 Å². The second-order valence-corrected chi connectivity index (χ2v) is 6.41. The average molecular weight is 283 g/mol. The molecule has 1 aromatic carbocycles. The zero-order chi connectivity index (χ0) is 15.2. The number of rotatable bonds is 5. The summed E-state index contributed by atoms with van der Waals surface area (Å²) >= 11 is 0. The maximum Gasteiger partial charge on any atom is 0.154 e. The number of nitrogens with zero attached hydrogens (tertiary/aromatic N) is 1. The van der Waals surface area contributed by atoms with Gasteiger partial charge in [-0.1, -0.05) is 50.3 Å². The van der Waals surface area contributed by atoms with Gasteiger partial charge in [0.2, 0.25) is 0 Å². The fraction of sp³-hybridized carbons (Fsp3) is 0.579. The van der Waals surface area contributed by atoms with Gasteiger partial charge in [-0.3, -0.25) is 4.79 Å². The highest BCUT2D eigenvalue weighted by Gasteiger charge is 2.22. The fourth-order valence-corrected chi connectivity index (χ4v) is 3.24. The molecule has 0 radical (unpaired) electrons. The zero-order valence-corrected chi connectivity index (χ0v) is 13.2. The minimum Gasteiger partial charge on any atom is -0.298 e. The lowest BCUT2D eigenvalue weighted by molar-refractivity contribution is -0.119. The lowest BCUT2D eigenvalue weighted by atomic mass is 9.83. The van der Waals surface area contributed by atoms with Crippen LogP contribution >= 0.6 is 0 Å². The minimum atomic E-state index is -0.590. The van der Waals surface area contributed by atoms with E-state index in [0.29, 0.717) is 12.3 Å². The Bertz CT molecular complexity index is 535. The van der Waals surface area contributed by atoms with Gasteiger partial charge in [-0.15, -0.1) is 0 Å². The molecule has 0 heterocycles. The smallest absolute Gasteiger partial charge is 0.154 e. The third-order valence-electron chi connectivity index (χ3n) is 4.84. The summed E-state index contributed by atoms with van der Waals surface area (Å²) in [5, 5.41) is 9.38. The summed E-state index contributed by atoms with van der Waals surface area (Å²) < 4.78 is 0. The molecule has 1 aliphatic carbocycles. The number of hydrogen-bond acceptors (Lipinski definition) is 2. The van der Waals surface area contributed by atoms with Crippen LogP contribution in [0.25, 0.3) is 0 Å². The highest BCUT2D eigenvalue weighted by atomic mass is 16.1. The van der Waals surface area contributed by atoms with Crippen molar-refractivity contribution in [1.29, 1.82) is 5.26 Å². The van der Waals surface area contributed by atoms with Gasteiger partial charge in [-0.25, -0.2) is 0 Å². The van der Waals surface area contributed by atoms with Crippen LogP contribution in [-0.4, -0.2) is 5.78 Å². The van der Waals surface area contributed by atoms with Crippen molar-refractivity contribution in [2.24, 2.45) is 5.92 Å². The van der Waals surface area contributed by atoms with Gasteiger partial charge in [0, 0.05) is 6.42 Å². The van der Waals surface area contributed by atoms with Crippen LogP contribution in [0.2, 0.25) is 0 Å². The molecule has 1 aliphatic rings. The van der Waals surface area contributed by atoms with E-state index in [2.05, 4.69) is 6.07 Å². The summed E-state index contributed by atoms with van der Waals surface area (Å²) in [7, 11) is 0. The largest absolute Gasteiger partial charge is 0.298 e. The second kappa shape index (κ2) is 7.41. The molecule has 2 rings (SSSR count). The van der Waals surface area contributed by atoms with Crippen LogP contribution in [0.3, 0.4) is 0 Å². The summed E-state index contributed by atoms with van der Waals surface area (Å²) in [5.74, 6) is 0.195. The summed E-state index contributed by atoms with van der Waals surface area (Å²) in [6.45, 7) is 4.07. The van der Waals surface area contributed by atoms with Crippen molar-refractivity contribution < 1.29 is 4.79 Å². The topological polar surface area (TPSA) is 40.9 Å². The minimum absolute atomic E-state index is 0.0892. The predicted octanol–water partition coefficient (Wildman–Crippen LogP) is 4.84. The normalized spacial score (nSPS) is 17.2. The Kier molecular flexibility index (Phi) is 5.56. The quantitative estimate of drug-likeness (QED) is 0.775. The molecule has 1 saturated carbocycles. The third kappa shape index (κ3) is 4.17. The first-order valence-electron chi connectivity index (χ1n) is 8.11. The van der Waals surface area contributed by atoms with Crippen LogP contribution in [-0.2, 0) is 4.79 Å². The van der Waals surface area contributed by atoms with Gasteiger partial charge in [-0.2, -0.15) is 5.26 Å². The van der Waals surface area contributed by atoms with Gasteiger partial charge in [0.15, 0.2) is 5.78 Å². The Balaban J connectivity index is 1.97. The first-order chi connectivity index (χ1) is 10.1. The Morgan fingerprint density at radius 1 is 1.24 bits per heavy atom. The summed E-state index contributed by atoms with van der Waals surface area (Å²) in [6, 6.07) is 8.12. The molecule has 0 saturated heterocycles. The lowest BCUT2D eigenvalue weighted by Crippen LogP contribution is -2.14. The fourth-order valence-electron chi connectivity index (χ4n) is 3.24. The van der Waals surface area contributed by atoms with Gasteiger partial charge in [0.1, 0.15) is 5.92 Å². The molecule has 1 aromatic rings. The van der Waals surface area contributed by atoms with Crippen LogP contribution in [0, 0.1) is 31.1 Å². The number of ketones is 1. The van der Waals surface area contributed by atoms with Crippen molar-refractivity contribution in [3.05, 3.63) is 34.9 Å². The Labute approximate surface area is 128 Å². The van der Waals surface area contributed by atoms with Crippen molar-refractivity contribution in [3.63, 3.8) is 0 Å². The number of Topliss-reactive ketones (excluding diaryl/α,β-unsaturated/α-hetero) is 1. The van der Waals surface area contributed by atoms with E-state index in [1.807, 2.05) is 32.0 Å². The molecular weight excluding hydrogens is 258 g/mol. The van der Waals surface area contributed by atoms with E-state index in [9.17, 15) is 10.1 Å². The first kappa shape index (κ1) is 15.8. The molecule has 0 N–H and O–H groups in total. The third-order valence-corrected chi connectivity index (χ3v) is 4.84. The molecule has 0 aromatic heterocycles. The Hall–Kier alpha value is -1.62. The Morgan fingerprint density at radius 3 is 2.57 bits per heavy atom. The van der Waals surface area contributed by atoms with E-state index in [-0.39, 0.29) is 5.78 Å². The van der Waals surface area contributed by atoms with Crippen molar-refractivity contribution >= 4 is 5.78 Å². The van der Waals surface area contributed by atoms with Crippen LogP contribution in [0.15, 0.2) is 18.2 Å². The molecule has 21 heavy (non-hydrogen) atoms. The molecule has 1 unspecified atom stereocenters. The molecule has 2 nitrogen and oxygen atoms in total. The van der Waals surface area contributed by atoms with Gasteiger partial charge >= 0.3 is 0 Å². The molecule has 112 valence electrons. The number of aryl methyl sites for hydroxylation is 2. The maximum absolute atomic E-state index is 12.4. The SMILES string of the molecule is Cc1ccc(C(C#N)C(=O)CCC2CCCCC2)cc1C. The molecule has 0 spiro atoms. The number of carbonyl (C=O) groups is 1. The lowest BCUT2D eigenvalue weighted by Gasteiger charge is -2.21. The van der Waals surface area contributed by atoms with Gasteiger partial charge < -0.3 is 0 Å². The zero-order valence-electron chi connectivity index (χ0n) is 13.2. The van der Waals surface area contributed by atoms with E-state index in [4.69, 9.17) is 0 Å². The first-order valence-corrected chi connectivity index (χ1v) is 8.11. The summed E-state index contributed by atoms with van der Waals surface area (Å²) in [4.78, 5) is 12.4. The highest BCUT2D eigenvalue weighted by Crippen LogP contribution is 2.29. The van der Waals surface area contributed by atoms with Crippen molar-refractivity contribution in [1.82, 2.24) is 0 Å². The molecule has 2 heteroatoms. The van der Waals surface area contributed by atoms with Gasteiger partial charge in [0.25, 0.3) is 0 Å². The van der Waals surface area contributed by atoms with Crippen LogP contribution < -0.4 is 0 Å². The van der Waals surface area contributed by atoms with E-state index < -0.39 is 5.92 Å². The van der Waals surface area contributed by atoms with Gasteiger partial charge in [0.05, 0.1) is 6.07 Å². The molecule has 1 atom stereocenters. The van der Waals surface area contributed by atoms with E-state index in [1.54, 1.807) is 0 Å². The molecule has 0 amide bonds. The highest BCUT2D eigenvalue weighted by molar-refractivity contribution is 5.88. The molecular formula is C19H25NO. The number of hydrogen-bond donors (Lipinski definition) is 0. The van der Waals surface area contributed by atoms with Crippen LogP contribution in [0.4, 0.5) is 0 Å². The molecule has 0 aliphatic heterocycles. The maximum atomic E-state index is 12.4.